The lowest BCUT2D eigenvalue weighted by molar-refractivity contribution is -0.138. The van der Waals surface area contributed by atoms with Crippen molar-refractivity contribution in [3.63, 3.8) is 0 Å². The van der Waals surface area contributed by atoms with Crippen LogP contribution < -0.4 is 10.6 Å². The van der Waals surface area contributed by atoms with Crippen LogP contribution in [0.15, 0.2) is 78.9 Å². The topological polar surface area (TPSA) is 114 Å². The maximum Gasteiger partial charge on any atom is 0.407 e. The maximum absolute atomic E-state index is 13.6. The van der Waals surface area contributed by atoms with E-state index in [1.165, 1.54) is 0 Å². The molecule has 8 nitrogen and oxygen atoms in total. The van der Waals surface area contributed by atoms with Crippen LogP contribution in [0.2, 0.25) is 0 Å². The maximum atomic E-state index is 13.6. The smallest absolute Gasteiger partial charge is 0.407 e. The standard InChI is InChI=1S/C34H38N2O6/c1-22(41-20-23-11-3-2-4-12-23)32(33(39)35-30(19-31(37)38)24-13-5-6-14-24)36-34(40)42-21-29-27-17-9-7-15-25(27)26-16-8-10-18-28(26)29/h2-4,7-12,15-18,22,24,29-30,32H,5-6,13-14,19-21H2,1H3,(H,35,39)(H,36,40)(H,37,38). The van der Waals surface area contributed by atoms with E-state index < -0.39 is 36.2 Å². The first-order valence-corrected chi connectivity index (χ1v) is 14.7. The van der Waals surface area contributed by atoms with Crippen LogP contribution in [0.1, 0.15) is 61.6 Å². The number of carbonyl (C=O) groups is 3. The number of ether oxygens (including phenoxy) is 2. The molecule has 0 aromatic heterocycles. The van der Waals surface area contributed by atoms with Crippen molar-refractivity contribution in [2.45, 2.75) is 69.7 Å². The summed E-state index contributed by atoms with van der Waals surface area (Å²) in [6, 6.07) is 24.1. The lowest BCUT2D eigenvalue weighted by atomic mass is 9.94. The number of rotatable bonds is 12. The molecule has 2 amide bonds. The van der Waals surface area contributed by atoms with Gasteiger partial charge in [-0.1, -0.05) is 91.7 Å². The molecule has 3 atom stereocenters. The number of carbonyl (C=O) groups excluding carboxylic acids is 2. The van der Waals surface area contributed by atoms with Gasteiger partial charge in [0, 0.05) is 12.0 Å². The summed E-state index contributed by atoms with van der Waals surface area (Å²) in [4.78, 5) is 38.4. The molecule has 42 heavy (non-hydrogen) atoms. The highest BCUT2D eigenvalue weighted by Gasteiger charge is 2.35. The first kappa shape index (κ1) is 29.3. The van der Waals surface area contributed by atoms with Gasteiger partial charge in [-0.25, -0.2) is 4.79 Å². The molecule has 2 aliphatic rings. The van der Waals surface area contributed by atoms with Gasteiger partial charge in [-0.05, 0) is 53.5 Å². The van der Waals surface area contributed by atoms with Crippen molar-refractivity contribution in [1.82, 2.24) is 10.6 Å². The number of benzene rings is 3. The number of carboxylic acids is 1. The summed E-state index contributed by atoms with van der Waals surface area (Å²) >= 11 is 0. The van der Waals surface area contributed by atoms with Crippen LogP contribution in [0.5, 0.6) is 0 Å². The molecule has 0 heterocycles. The molecule has 3 aromatic carbocycles. The van der Waals surface area contributed by atoms with Crippen LogP contribution in [0.4, 0.5) is 4.79 Å². The van der Waals surface area contributed by atoms with Gasteiger partial charge in [0.05, 0.1) is 19.1 Å². The zero-order chi connectivity index (χ0) is 29.5. The summed E-state index contributed by atoms with van der Waals surface area (Å²) in [6.07, 6.45) is 2.13. The Morgan fingerprint density at radius 3 is 2.07 bits per heavy atom. The molecule has 0 bridgehead atoms. The Hall–Kier alpha value is -4.17. The average Bonchev–Trinajstić information content (AvgIpc) is 3.65. The highest BCUT2D eigenvalue weighted by atomic mass is 16.5. The number of alkyl carbamates (subject to hydrolysis) is 1. The third-order valence-corrected chi connectivity index (χ3v) is 8.42. The van der Waals surface area contributed by atoms with Crippen LogP contribution >= 0.6 is 0 Å². The zero-order valence-electron chi connectivity index (χ0n) is 23.8. The average molecular weight is 571 g/mol. The van der Waals surface area contributed by atoms with Crippen molar-refractivity contribution >= 4 is 18.0 Å². The highest BCUT2D eigenvalue weighted by molar-refractivity contribution is 5.87. The Morgan fingerprint density at radius 1 is 0.857 bits per heavy atom. The fraction of sp³-hybridized carbons (Fsp3) is 0.382. The van der Waals surface area contributed by atoms with Crippen molar-refractivity contribution in [3.05, 3.63) is 95.6 Å². The van der Waals surface area contributed by atoms with Gasteiger partial charge in [0.15, 0.2) is 0 Å². The summed E-state index contributed by atoms with van der Waals surface area (Å²) in [6.45, 7) is 2.08. The Labute approximate surface area is 246 Å². The Bertz CT molecular complexity index is 1340. The third kappa shape index (κ3) is 6.99. The Balaban J connectivity index is 1.28. The number of carboxylic acid groups (broad SMARTS) is 1. The molecular weight excluding hydrogens is 532 g/mol. The molecule has 8 heteroatoms. The van der Waals surface area contributed by atoms with Crippen LogP contribution in [0.3, 0.4) is 0 Å². The van der Waals surface area contributed by atoms with E-state index >= 15 is 0 Å². The van der Waals surface area contributed by atoms with E-state index in [4.69, 9.17) is 9.47 Å². The first-order chi connectivity index (χ1) is 20.4. The van der Waals surface area contributed by atoms with E-state index in [1.54, 1.807) is 6.92 Å². The van der Waals surface area contributed by atoms with E-state index in [2.05, 4.69) is 22.8 Å². The summed E-state index contributed by atoms with van der Waals surface area (Å²) in [5.74, 6) is -1.49. The second-order valence-electron chi connectivity index (χ2n) is 11.2. The second kappa shape index (κ2) is 13.7. The quantitative estimate of drug-likeness (QED) is 0.259. The van der Waals surface area contributed by atoms with E-state index in [1.807, 2.05) is 66.7 Å². The molecule has 2 aliphatic carbocycles. The van der Waals surface area contributed by atoms with Crippen molar-refractivity contribution in [2.75, 3.05) is 6.61 Å². The van der Waals surface area contributed by atoms with Gasteiger partial charge in [-0.2, -0.15) is 0 Å². The lowest BCUT2D eigenvalue weighted by Crippen LogP contribution is -2.56. The molecule has 0 aliphatic heterocycles. The summed E-state index contributed by atoms with van der Waals surface area (Å²) in [7, 11) is 0. The SMILES string of the molecule is CC(OCc1ccccc1)C(NC(=O)OCC1c2ccccc2-c2ccccc21)C(=O)NC(CC(=O)O)C1CCCC1. The fourth-order valence-corrected chi connectivity index (χ4v) is 6.22. The van der Waals surface area contributed by atoms with Crippen molar-refractivity contribution in [1.29, 1.82) is 0 Å². The molecule has 220 valence electrons. The van der Waals surface area contributed by atoms with Gasteiger partial charge in [0.2, 0.25) is 5.91 Å². The van der Waals surface area contributed by atoms with Gasteiger partial charge >= 0.3 is 12.1 Å². The minimum atomic E-state index is -1.08. The fourth-order valence-electron chi connectivity index (χ4n) is 6.22. The summed E-state index contributed by atoms with van der Waals surface area (Å²) < 4.78 is 11.7. The Morgan fingerprint density at radius 2 is 1.45 bits per heavy atom. The number of amides is 2. The number of aliphatic carboxylic acids is 1. The highest BCUT2D eigenvalue weighted by Crippen LogP contribution is 2.44. The molecule has 5 rings (SSSR count). The molecule has 0 spiro atoms. The zero-order valence-corrected chi connectivity index (χ0v) is 23.8. The molecule has 0 saturated heterocycles. The molecule has 1 fully saturated rings. The van der Waals surface area contributed by atoms with Crippen LogP contribution in [0, 0.1) is 5.92 Å². The lowest BCUT2D eigenvalue weighted by Gasteiger charge is -2.29. The van der Waals surface area contributed by atoms with E-state index in [0.717, 1.165) is 53.5 Å². The van der Waals surface area contributed by atoms with Crippen molar-refractivity contribution in [3.8, 4) is 11.1 Å². The van der Waals surface area contributed by atoms with Crippen LogP contribution in [-0.4, -0.2) is 47.9 Å². The second-order valence-corrected chi connectivity index (χ2v) is 11.2. The normalized spacial score (nSPS) is 16.6. The minimum Gasteiger partial charge on any atom is -0.481 e. The molecule has 0 radical (unpaired) electrons. The largest absolute Gasteiger partial charge is 0.481 e. The van der Waals surface area contributed by atoms with E-state index in [-0.39, 0.29) is 31.5 Å². The molecule has 1 saturated carbocycles. The number of hydrogen-bond acceptors (Lipinski definition) is 5. The molecule has 3 unspecified atom stereocenters. The van der Waals surface area contributed by atoms with Crippen molar-refractivity contribution < 1.29 is 29.0 Å². The first-order valence-electron chi connectivity index (χ1n) is 14.7. The number of fused-ring (bicyclic) bond motifs is 3. The van der Waals surface area contributed by atoms with Gasteiger partial charge < -0.3 is 25.2 Å². The minimum absolute atomic E-state index is 0.0840. The monoisotopic (exact) mass is 570 g/mol. The number of hydrogen-bond donors (Lipinski definition) is 3. The van der Waals surface area contributed by atoms with Crippen LogP contribution in [-0.2, 0) is 25.7 Å². The van der Waals surface area contributed by atoms with Gasteiger partial charge in [-0.15, -0.1) is 0 Å². The van der Waals surface area contributed by atoms with E-state index in [9.17, 15) is 19.5 Å². The van der Waals surface area contributed by atoms with Crippen LogP contribution in [0.25, 0.3) is 11.1 Å². The summed E-state index contributed by atoms with van der Waals surface area (Å²) in [5, 5.41) is 15.2. The van der Waals surface area contributed by atoms with Gasteiger partial charge in [0.25, 0.3) is 0 Å². The van der Waals surface area contributed by atoms with Gasteiger partial charge in [-0.3, -0.25) is 9.59 Å². The van der Waals surface area contributed by atoms with Crippen molar-refractivity contribution in [2.24, 2.45) is 5.92 Å². The Kier molecular flexibility index (Phi) is 9.54. The third-order valence-electron chi connectivity index (χ3n) is 8.42. The van der Waals surface area contributed by atoms with Gasteiger partial charge in [0.1, 0.15) is 12.6 Å². The molecular formula is C34H38N2O6. The summed E-state index contributed by atoms with van der Waals surface area (Å²) in [5.41, 5.74) is 5.36. The van der Waals surface area contributed by atoms with E-state index in [0.29, 0.717) is 0 Å². The molecule has 3 N–H and O–H groups in total. The number of nitrogens with one attached hydrogen (secondary N) is 2. The predicted molar refractivity (Wildman–Crippen MR) is 159 cm³/mol. The predicted octanol–water partition coefficient (Wildman–Crippen LogP) is 5.65. The molecule has 3 aromatic rings.